The van der Waals surface area contributed by atoms with Crippen LogP contribution in [0.5, 0.6) is 5.75 Å². The van der Waals surface area contributed by atoms with Gasteiger partial charge in [0.05, 0.1) is 5.69 Å². The van der Waals surface area contributed by atoms with Crippen molar-refractivity contribution in [3.05, 3.63) is 49.6 Å². The summed E-state index contributed by atoms with van der Waals surface area (Å²) < 4.78 is 5.79. The zero-order valence-corrected chi connectivity index (χ0v) is 8.65. The van der Waals surface area contributed by atoms with E-state index < -0.39 is 0 Å². The number of benzene rings is 1. The largest absolute Gasteiger partial charge is 0.468 e. The molecule has 0 spiro atoms. The third-order valence-corrected chi connectivity index (χ3v) is 2.39. The third kappa shape index (κ3) is 1.75. The molecule has 1 aliphatic rings. The molecule has 0 fully saturated rings. The summed E-state index contributed by atoms with van der Waals surface area (Å²) in [5.74, 6) is 0.895. The molecule has 0 aromatic heterocycles. The van der Waals surface area contributed by atoms with Crippen molar-refractivity contribution in [3.63, 3.8) is 0 Å². The quantitative estimate of drug-likeness (QED) is 0.693. The Bertz CT molecular complexity index is 373. The number of fused-ring (bicyclic) bond motifs is 1. The molecule has 0 bridgehead atoms. The van der Waals surface area contributed by atoms with Crippen LogP contribution in [0.25, 0.3) is 0 Å². The van der Waals surface area contributed by atoms with Gasteiger partial charge in [-0.3, -0.25) is 0 Å². The van der Waals surface area contributed by atoms with E-state index in [1.807, 2.05) is 30.4 Å². The lowest BCUT2D eigenvalue weighted by molar-refractivity contribution is 0.230. The molecule has 1 heterocycles. The molecule has 2 heteroatoms. The molecule has 1 aromatic carbocycles. The van der Waals surface area contributed by atoms with E-state index in [4.69, 9.17) is 4.74 Å². The Morgan fingerprint density at radius 2 is 2.33 bits per heavy atom. The monoisotopic (exact) mass is 200 g/mol. The van der Waals surface area contributed by atoms with E-state index in [-0.39, 0.29) is 6.23 Å². The van der Waals surface area contributed by atoms with Crippen LogP contribution in [0.1, 0.15) is 6.42 Å². The molecule has 2 nitrogen and oxygen atoms in total. The van der Waals surface area contributed by atoms with E-state index in [1.165, 1.54) is 0 Å². The molecule has 77 valence electrons. The third-order valence-electron chi connectivity index (χ3n) is 2.39. The van der Waals surface area contributed by atoms with Crippen molar-refractivity contribution in [2.24, 2.45) is 0 Å². The van der Waals surface area contributed by atoms with Crippen LogP contribution >= 0.6 is 0 Å². The van der Waals surface area contributed by atoms with E-state index in [0.717, 1.165) is 24.4 Å². The first-order chi connectivity index (χ1) is 7.36. The Labute approximate surface area is 90.5 Å². The Balaban J connectivity index is 2.28. The van der Waals surface area contributed by atoms with E-state index in [9.17, 15) is 0 Å². The van der Waals surface area contributed by atoms with Gasteiger partial charge < -0.3 is 9.64 Å². The molecule has 0 saturated carbocycles. The molecule has 15 heavy (non-hydrogen) atoms. The number of ether oxygens (including phenoxy) is 1. The maximum atomic E-state index is 5.79. The summed E-state index contributed by atoms with van der Waals surface area (Å²) >= 11 is 0. The van der Waals surface area contributed by atoms with Gasteiger partial charge in [0.1, 0.15) is 5.75 Å². The highest BCUT2D eigenvalue weighted by Gasteiger charge is 2.28. The van der Waals surface area contributed by atoms with Crippen LogP contribution < -0.4 is 9.64 Å². The highest BCUT2D eigenvalue weighted by molar-refractivity contribution is 5.61. The number of anilines is 1. The van der Waals surface area contributed by atoms with Crippen molar-refractivity contribution in [1.82, 2.24) is 0 Å². The summed E-state index contributed by atoms with van der Waals surface area (Å²) in [5.41, 5.74) is 1.02. The first-order valence-electron chi connectivity index (χ1n) is 5.02. The molecule has 1 atom stereocenters. The van der Waals surface area contributed by atoms with Gasteiger partial charge in [0.25, 0.3) is 0 Å². The first kappa shape index (κ1) is 9.84. The second-order valence-electron chi connectivity index (χ2n) is 3.42. The number of nitrogens with zero attached hydrogens (tertiary/aromatic N) is 1. The van der Waals surface area contributed by atoms with Crippen LogP contribution in [-0.2, 0) is 0 Å². The summed E-state index contributed by atoms with van der Waals surface area (Å²) in [4.78, 5) is 2.14. The number of hydrogen-bond acceptors (Lipinski definition) is 2. The predicted octanol–water partition coefficient (Wildman–Crippen LogP) is 2.77. The minimum Gasteiger partial charge on any atom is -0.468 e. The summed E-state index contributed by atoms with van der Waals surface area (Å²) in [6.45, 7) is 8.26. The second-order valence-corrected chi connectivity index (χ2v) is 3.42. The lowest BCUT2D eigenvalue weighted by Gasteiger charge is -2.22. The van der Waals surface area contributed by atoms with Crippen LogP contribution in [0.4, 0.5) is 5.69 Å². The number of hydrogen-bond donors (Lipinski definition) is 0. The van der Waals surface area contributed by atoms with Gasteiger partial charge in [-0.2, -0.15) is 0 Å². The number of rotatable bonds is 4. The van der Waals surface area contributed by atoms with Gasteiger partial charge in [-0.25, -0.2) is 0 Å². The van der Waals surface area contributed by atoms with Crippen molar-refractivity contribution >= 4 is 5.69 Å². The minimum absolute atomic E-state index is 0.0362. The standard InChI is InChI=1S/C13H14NO/c1-3-7-13-14(10-4-2)11-8-5-6-9-12(11)15-13/h3-6,9,13H,1-2,7,10H2. The lowest BCUT2D eigenvalue weighted by atomic mass is 10.2. The Kier molecular flexibility index (Phi) is 2.77. The molecule has 0 saturated heterocycles. The van der Waals surface area contributed by atoms with Crippen LogP contribution in [0, 0.1) is 6.07 Å². The topological polar surface area (TPSA) is 12.5 Å². The predicted molar refractivity (Wildman–Crippen MR) is 62.1 cm³/mol. The summed E-state index contributed by atoms with van der Waals surface area (Å²) in [6.07, 6.45) is 4.58. The summed E-state index contributed by atoms with van der Waals surface area (Å²) in [6, 6.07) is 8.98. The average molecular weight is 200 g/mol. The average Bonchev–Trinajstić information content (AvgIpc) is 2.59. The molecule has 1 radical (unpaired) electrons. The molecule has 0 N–H and O–H groups in total. The van der Waals surface area contributed by atoms with Crippen LogP contribution in [0.3, 0.4) is 0 Å². The maximum Gasteiger partial charge on any atom is 0.176 e. The molecular formula is C13H14NO. The van der Waals surface area contributed by atoms with E-state index in [1.54, 1.807) is 0 Å². The van der Waals surface area contributed by atoms with E-state index in [2.05, 4.69) is 24.1 Å². The maximum absolute atomic E-state index is 5.79. The SMILES string of the molecule is C=CCC1Oc2ccc[c]c2N1CC=C. The lowest BCUT2D eigenvalue weighted by Crippen LogP contribution is -2.34. The van der Waals surface area contributed by atoms with E-state index >= 15 is 0 Å². The van der Waals surface area contributed by atoms with Crippen molar-refractivity contribution in [2.75, 3.05) is 11.4 Å². The summed E-state index contributed by atoms with van der Waals surface area (Å²) in [5, 5.41) is 0. The van der Waals surface area contributed by atoms with Crippen LogP contribution in [-0.4, -0.2) is 12.8 Å². The zero-order valence-electron chi connectivity index (χ0n) is 8.65. The zero-order chi connectivity index (χ0) is 10.7. The molecule has 0 amide bonds. The fourth-order valence-corrected chi connectivity index (χ4v) is 1.75. The van der Waals surface area contributed by atoms with Gasteiger partial charge >= 0.3 is 0 Å². The van der Waals surface area contributed by atoms with Gasteiger partial charge in [0, 0.05) is 19.0 Å². The molecule has 1 unspecified atom stereocenters. The molecular weight excluding hydrogens is 186 g/mol. The normalized spacial score (nSPS) is 18.1. The molecule has 1 aromatic rings. The van der Waals surface area contributed by atoms with Gasteiger partial charge in [-0.1, -0.05) is 24.3 Å². The molecule has 0 aliphatic carbocycles. The Morgan fingerprint density at radius 1 is 1.47 bits per heavy atom. The van der Waals surface area contributed by atoms with Crippen LogP contribution in [0.15, 0.2) is 43.5 Å². The van der Waals surface area contributed by atoms with Crippen LogP contribution in [0.2, 0.25) is 0 Å². The van der Waals surface area contributed by atoms with Gasteiger partial charge in [-0.15, -0.1) is 13.2 Å². The highest BCUT2D eigenvalue weighted by Crippen LogP contribution is 2.37. The van der Waals surface area contributed by atoms with Crippen molar-refractivity contribution in [2.45, 2.75) is 12.6 Å². The number of para-hydroxylation sites is 1. The molecule has 2 rings (SSSR count). The summed E-state index contributed by atoms with van der Waals surface area (Å²) in [7, 11) is 0. The molecule has 1 aliphatic heterocycles. The van der Waals surface area contributed by atoms with Gasteiger partial charge in [-0.05, 0) is 6.07 Å². The van der Waals surface area contributed by atoms with Crippen molar-refractivity contribution < 1.29 is 4.74 Å². The smallest absolute Gasteiger partial charge is 0.176 e. The van der Waals surface area contributed by atoms with Gasteiger partial charge in [0.15, 0.2) is 6.23 Å². The Hall–Kier alpha value is -1.70. The van der Waals surface area contributed by atoms with Gasteiger partial charge in [0.2, 0.25) is 0 Å². The minimum atomic E-state index is 0.0362. The Morgan fingerprint density at radius 3 is 3.07 bits per heavy atom. The fourth-order valence-electron chi connectivity index (χ4n) is 1.75. The fraction of sp³-hybridized carbons (Fsp3) is 0.231. The van der Waals surface area contributed by atoms with E-state index in [0.29, 0.717) is 0 Å². The first-order valence-corrected chi connectivity index (χ1v) is 5.02. The highest BCUT2D eigenvalue weighted by atomic mass is 16.5. The second kappa shape index (κ2) is 4.22. The van der Waals surface area contributed by atoms with Crippen molar-refractivity contribution in [3.8, 4) is 5.75 Å². The van der Waals surface area contributed by atoms with Crippen molar-refractivity contribution in [1.29, 1.82) is 0 Å².